The minimum Gasteiger partial charge on any atom is -0.447 e. The normalized spacial score (nSPS) is 25.7. The van der Waals surface area contributed by atoms with Crippen LogP contribution in [0.5, 0.6) is 0 Å². The Balaban J connectivity index is 1.79. The highest BCUT2D eigenvalue weighted by Gasteiger charge is 2.36. The lowest BCUT2D eigenvalue weighted by atomic mass is 9.92. The number of hydrogen-bond acceptors (Lipinski definition) is 4. The van der Waals surface area contributed by atoms with Gasteiger partial charge in [-0.15, -0.1) is 0 Å². The number of amides is 2. The number of cyclic esters (lactones) is 1. The summed E-state index contributed by atoms with van der Waals surface area (Å²) in [7, 11) is 2.13. The molecule has 0 saturated carbocycles. The summed E-state index contributed by atoms with van der Waals surface area (Å²) in [5.41, 5.74) is 0. The molecule has 0 N–H and O–H groups in total. The Morgan fingerprint density at radius 3 is 2.68 bits per heavy atom. The van der Waals surface area contributed by atoms with E-state index in [4.69, 9.17) is 4.74 Å². The summed E-state index contributed by atoms with van der Waals surface area (Å²) < 4.78 is 4.96. The number of nitrogens with zero attached hydrogens (tertiary/aromatic N) is 2. The van der Waals surface area contributed by atoms with Crippen molar-refractivity contribution in [3.63, 3.8) is 0 Å². The van der Waals surface area contributed by atoms with Crippen molar-refractivity contribution >= 4 is 12.0 Å². The van der Waals surface area contributed by atoms with Gasteiger partial charge in [0.25, 0.3) is 0 Å². The number of hydrogen-bond donors (Lipinski definition) is 0. The van der Waals surface area contributed by atoms with Gasteiger partial charge in [0, 0.05) is 6.42 Å². The van der Waals surface area contributed by atoms with Gasteiger partial charge >= 0.3 is 6.09 Å². The van der Waals surface area contributed by atoms with E-state index in [9.17, 15) is 9.59 Å². The van der Waals surface area contributed by atoms with Crippen LogP contribution in [0.15, 0.2) is 0 Å². The molecular weight excluding hydrogens is 244 g/mol. The number of carbonyl (C=O) groups excluding carboxylic acids is 2. The highest BCUT2D eigenvalue weighted by atomic mass is 16.6. The molecule has 5 nitrogen and oxygen atoms in total. The predicted octanol–water partition coefficient (Wildman–Crippen LogP) is 1.87. The fraction of sp³-hybridized carbons (Fsp3) is 0.857. The largest absolute Gasteiger partial charge is 0.447 e. The predicted molar refractivity (Wildman–Crippen MR) is 71.7 cm³/mol. The van der Waals surface area contributed by atoms with Crippen LogP contribution in [0.4, 0.5) is 4.79 Å². The minimum absolute atomic E-state index is 0.0579. The van der Waals surface area contributed by atoms with E-state index in [2.05, 4.69) is 11.9 Å². The molecule has 19 heavy (non-hydrogen) atoms. The summed E-state index contributed by atoms with van der Waals surface area (Å²) in [6, 6.07) is -0.0579. The van der Waals surface area contributed by atoms with E-state index in [-0.39, 0.29) is 11.9 Å². The zero-order valence-electron chi connectivity index (χ0n) is 11.9. The Morgan fingerprint density at radius 2 is 2.05 bits per heavy atom. The van der Waals surface area contributed by atoms with Crippen LogP contribution in [0.3, 0.4) is 0 Å². The third kappa shape index (κ3) is 3.47. The lowest BCUT2D eigenvalue weighted by Crippen LogP contribution is -2.39. The van der Waals surface area contributed by atoms with E-state index < -0.39 is 6.09 Å². The Labute approximate surface area is 114 Å². The lowest BCUT2D eigenvalue weighted by molar-refractivity contribution is -0.129. The summed E-state index contributed by atoms with van der Waals surface area (Å²) in [5.74, 6) is 0.562. The first-order valence-corrected chi connectivity index (χ1v) is 7.29. The molecule has 0 spiro atoms. The molecule has 108 valence electrons. The molecule has 2 fully saturated rings. The minimum atomic E-state index is -0.458. The molecule has 0 aromatic carbocycles. The quantitative estimate of drug-likeness (QED) is 0.781. The molecule has 0 aromatic heterocycles. The number of imide groups is 1. The molecule has 0 radical (unpaired) electrons. The summed E-state index contributed by atoms with van der Waals surface area (Å²) >= 11 is 0. The second-order valence-corrected chi connectivity index (χ2v) is 5.69. The number of likely N-dealkylation sites (tertiary alicyclic amines) is 1. The van der Waals surface area contributed by atoms with Gasteiger partial charge in [-0.05, 0) is 51.7 Å². The van der Waals surface area contributed by atoms with Crippen LogP contribution in [0.2, 0.25) is 0 Å². The van der Waals surface area contributed by atoms with Gasteiger partial charge in [-0.1, -0.05) is 6.92 Å². The monoisotopic (exact) mass is 268 g/mol. The molecule has 5 heteroatoms. The average Bonchev–Trinajstić information content (AvgIpc) is 2.79. The van der Waals surface area contributed by atoms with E-state index in [0.29, 0.717) is 18.9 Å². The Bertz CT molecular complexity index is 338. The van der Waals surface area contributed by atoms with E-state index in [1.54, 1.807) is 0 Å². The van der Waals surface area contributed by atoms with Crippen molar-refractivity contribution in [2.24, 2.45) is 5.92 Å². The Kier molecular flexibility index (Phi) is 4.80. The van der Waals surface area contributed by atoms with Crippen molar-refractivity contribution in [3.05, 3.63) is 0 Å². The van der Waals surface area contributed by atoms with Gasteiger partial charge < -0.3 is 9.64 Å². The van der Waals surface area contributed by atoms with Crippen LogP contribution < -0.4 is 0 Å². The van der Waals surface area contributed by atoms with E-state index in [1.165, 1.54) is 4.90 Å². The number of piperidine rings is 1. The second-order valence-electron chi connectivity index (χ2n) is 5.69. The standard InChI is InChI=1S/C14H24N2O3/c1-3-12-10-19-14(18)16(12)13(17)5-4-11-6-8-15(2)9-7-11/h11-12H,3-10H2,1-2H3. The second kappa shape index (κ2) is 6.37. The molecule has 0 aromatic rings. The van der Waals surface area contributed by atoms with Crippen LogP contribution in [0.25, 0.3) is 0 Å². The van der Waals surface area contributed by atoms with Gasteiger partial charge in [0.1, 0.15) is 6.61 Å². The van der Waals surface area contributed by atoms with Crippen LogP contribution in [-0.4, -0.2) is 54.6 Å². The van der Waals surface area contributed by atoms with E-state index >= 15 is 0 Å². The molecule has 1 unspecified atom stereocenters. The molecular formula is C14H24N2O3. The molecule has 2 aliphatic rings. The van der Waals surface area contributed by atoms with Crippen LogP contribution in [0.1, 0.15) is 39.0 Å². The molecule has 2 amide bonds. The van der Waals surface area contributed by atoms with Gasteiger partial charge in [0.05, 0.1) is 6.04 Å². The summed E-state index contributed by atoms with van der Waals surface area (Å²) in [6.07, 6.45) is 4.00. The van der Waals surface area contributed by atoms with Crippen molar-refractivity contribution < 1.29 is 14.3 Å². The van der Waals surface area contributed by atoms with Gasteiger partial charge in [-0.3, -0.25) is 4.79 Å². The zero-order chi connectivity index (χ0) is 13.8. The highest BCUT2D eigenvalue weighted by Crippen LogP contribution is 2.23. The summed E-state index contributed by atoms with van der Waals surface area (Å²) in [5, 5.41) is 0. The number of carbonyl (C=O) groups is 2. The molecule has 2 heterocycles. The molecule has 2 aliphatic heterocycles. The van der Waals surface area contributed by atoms with Crippen LogP contribution >= 0.6 is 0 Å². The molecule has 2 rings (SSSR count). The molecule has 1 atom stereocenters. The Morgan fingerprint density at radius 1 is 1.37 bits per heavy atom. The van der Waals surface area contributed by atoms with Gasteiger partial charge in [-0.2, -0.15) is 0 Å². The average molecular weight is 268 g/mol. The van der Waals surface area contributed by atoms with Crippen LogP contribution in [0, 0.1) is 5.92 Å². The number of ether oxygens (including phenoxy) is 1. The van der Waals surface area contributed by atoms with Crippen molar-refractivity contribution in [1.82, 2.24) is 9.80 Å². The first-order chi connectivity index (χ1) is 9.11. The SMILES string of the molecule is CCC1COC(=O)N1C(=O)CCC1CCN(C)CC1. The lowest BCUT2D eigenvalue weighted by Gasteiger charge is -2.29. The third-order valence-electron chi connectivity index (χ3n) is 4.31. The Hall–Kier alpha value is -1.10. The first kappa shape index (κ1) is 14.3. The fourth-order valence-corrected chi connectivity index (χ4v) is 2.87. The summed E-state index contributed by atoms with van der Waals surface area (Å²) in [4.78, 5) is 27.4. The molecule has 0 aliphatic carbocycles. The highest BCUT2D eigenvalue weighted by molar-refractivity contribution is 5.93. The van der Waals surface area contributed by atoms with Gasteiger partial charge in [0.2, 0.25) is 5.91 Å². The van der Waals surface area contributed by atoms with E-state index in [1.807, 2.05) is 6.92 Å². The molecule has 0 bridgehead atoms. The van der Waals surface area contributed by atoms with Crippen molar-refractivity contribution in [2.75, 3.05) is 26.7 Å². The van der Waals surface area contributed by atoms with Crippen molar-refractivity contribution in [1.29, 1.82) is 0 Å². The zero-order valence-corrected chi connectivity index (χ0v) is 11.9. The van der Waals surface area contributed by atoms with Gasteiger partial charge in [-0.25, -0.2) is 9.69 Å². The topological polar surface area (TPSA) is 49.9 Å². The first-order valence-electron chi connectivity index (χ1n) is 7.29. The van der Waals surface area contributed by atoms with E-state index in [0.717, 1.165) is 38.8 Å². The fourth-order valence-electron chi connectivity index (χ4n) is 2.87. The van der Waals surface area contributed by atoms with Gasteiger partial charge in [0.15, 0.2) is 0 Å². The maximum absolute atomic E-state index is 12.1. The number of rotatable bonds is 4. The van der Waals surface area contributed by atoms with Crippen molar-refractivity contribution in [3.8, 4) is 0 Å². The maximum atomic E-state index is 12.1. The molecule has 2 saturated heterocycles. The summed E-state index contributed by atoms with van der Waals surface area (Å²) in [6.45, 7) is 4.56. The van der Waals surface area contributed by atoms with Crippen molar-refractivity contribution in [2.45, 2.75) is 45.1 Å². The maximum Gasteiger partial charge on any atom is 0.416 e. The van der Waals surface area contributed by atoms with Crippen LogP contribution in [-0.2, 0) is 9.53 Å². The third-order valence-corrected chi connectivity index (χ3v) is 4.31. The smallest absolute Gasteiger partial charge is 0.416 e.